The van der Waals surface area contributed by atoms with Gasteiger partial charge >= 0.3 is 0 Å². The molecule has 5 heteroatoms. The molecule has 0 unspecified atom stereocenters. The second kappa shape index (κ2) is 4.53. The van der Waals surface area contributed by atoms with E-state index in [0.717, 1.165) is 17.6 Å². The van der Waals surface area contributed by atoms with Gasteiger partial charge in [0.1, 0.15) is 5.88 Å². The summed E-state index contributed by atoms with van der Waals surface area (Å²) < 4.78 is 1.94. The quantitative estimate of drug-likeness (QED) is 0.833. The first-order valence-corrected chi connectivity index (χ1v) is 5.60. The van der Waals surface area contributed by atoms with Crippen LogP contribution in [0.1, 0.15) is 6.92 Å². The van der Waals surface area contributed by atoms with Crippen LogP contribution in [0.5, 0.6) is 0 Å². The molecule has 1 aromatic carbocycles. The highest BCUT2D eigenvalue weighted by atomic mass is 35.5. The summed E-state index contributed by atoms with van der Waals surface area (Å²) in [5, 5.41) is 2.68. The number of fused-ring (bicyclic) bond motifs is 1. The molecule has 0 aliphatic rings. The number of imidazole rings is 1. The van der Waals surface area contributed by atoms with E-state index < -0.39 is 0 Å². The predicted octanol–water partition coefficient (Wildman–Crippen LogP) is 2.23. The van der Waals surface area contributed by atoms with Gasteiger partial charge in [-0.3, -0.25) is 10.1 Å². The van der Waals surface area contributed by atoms with Crippen LogP contribution in [-0.4, -0.2) is 21.3 Å². The van der Waals surface area contributed by atoms with Crippen molar-refractivity contribution in [2.45, 2.75) is 13.5 Å². The standard InChI is InChI=1S/C11H12ClN3O/c1-2-15-9-6-4-3-5-8(9)13-11(15)14-10(16)7-12/h3-6H,2,7H2,1H3,(H,13,14,16). The summed E-state index contributed by atoms with van der Waals surface area (Å²) in [6.45, 7) is 2.75. The number of anilines is 1. The minimum Gasteiger partial charge on any atom is -0.310 e. The third-order valence-corrected chi connectivity index (χ3v) is 2.59. The van der Waals surface area contributed by atoms with E-state index in [1.807, 2.05) is 35.8 Å². The first-order valence-electron chi connectivity index (χ1n) is 5.07. The number of benzene rings is 1. The minimum absolute atomic E-state index is 0.0626. The molecule has 4 nitrogen and oxygen atoms in total. The van der Waals surface area contributed by atoms with Crippen LogP contribution in [0.3, 0.4) is 0 Å². The molecular formula is C11H12ClN3O. The Morgan fingerprint density at radius 3 is 2.94 bits per heavy atom. The lowest BCUT2D eigenvalue weighted by molar-refractivity contribution is -0.114. The molecule has 2 rings (SSSR count). The molecule has 0 saturated heterocycles. The van der Waals surface area contributed by atoms with Gasteiger partial charge in [-0.25, -0.2) is 4.98 Å². The average Bonchev–Trinajstić information content (AvgIpc) is 2.65. The summed E-state index contributed by atoms with van der Waals surface area (Å²) in [7, 11) is 0. The number of aryl methyl sites for hydroxylation is 1. The van der Waals surface area contributed by atoms with E-state index in [-0.39, 0.29) is 11.8 Å². The number of rotatable bonds is 3. The highest BCUT2D eigenvalue weighted by Gasteiger charge is 2.10. The maximum atomic E-state index is 11.2. The first kappa shape index (κ1) is 11.0. The number of carbonyl (C=O) groups excluding carboxylic acids is 1. The summed E-state index contributed by atoms with van der Waals surface area (Å²) >= 11 is 5.45. The maximum absolute atomic E-state index is 11.2. The summed E-state index contributed by atoms with van der Waals surface area (Å²) in [6.07, 6.45) is 0. The molecule has 0 saturated carbocycles. The Morgan fingerprint density at radius 2 is 2.25 bits per heavy atom. The van der Waals surface area contributed by atoms with Gasteiger partial charge in [0.25, 0.3) is 0 Å². The number of halogens is 1. The molecule has 1 aromatic heterocycles. The van der Waals surface area contributed by atoms with Crippen molar-refractivity contribution in [2.24, 2.45) is 0 Å². The molecule has 0 atom stereocenters. The van der Waals surface area contributed by atoms with E-state index in [4.69, 9.17) is 11.6 Å². The molecular weight excluding hydrogens is 226 g/mol. The largest absolute Gasteiger partial charge is 0.310 e. The fraction of sp³-hybridized carbons (Fsp3) is 0.273. The highest BCUT2D eigenvalue weighted by molar-refractivity contribution is 6.29. The molecule has 16 heavy (non-hydrogen) atoms. The molecule has 1 N–H and O–H groups in total. The van der Waals surface area contributed by atoms with E-state index >= 15 is 0 Å². The van der Waals surface area contributed by atoms with Crippen LogP contribution >= 0.6 is 11.6 Å². The van der Waals surface area contributed by atoms with Crippen molar-refractivity contribution in [2.75, 3.05) is 11.2 Å². The summed E-state index contributed by atoms with van der Waals surface area (Å²) in [6, 6.07) is 7.76. The number of para-hydroxylation sites is 2. The van der Waals surface area contributed by atoms with Crippen LogP contribution in [0.25, 0.3) is 11.0 Å². The van der Waals surface area contributed by atoms with Crippen molar-refractivity contribution in [3.63, 3.8) is 0 Å². The number of hydrogen-bond acceptors (Lipinski definition) is 2. The van der Waals surface area contributed by atoms with Gasteiger partial charge in [0.05, 0.1) is 11.0 Å². The Balaban J connectivity index is 2.48. The molecule has 1 heterocycles. The van der Waals surface area contributed by atoms with Crippen LogP contribution in [0.15, 0.2) is 24.3 Å². The van der Waals surface area contributed by atoms with Crippen LogP contribution in [0.2, 0.25) is 0 Å². The number of aromatic nitrogens is 2. The van der Waals surface area contributed by atoms with Crippen molar-refractivity contribution in [3.8, 4) is 0 Å². The van der Waals surface area contributed by atoms with Gasteiger partial charge in [0.2, 0.25) is 11.9 Å². The van der Waals surface area contributed by atoms with Gasteiger partial charge in [-0.2, -0.15) is 0 Å². The lowest BCUT2D eigenvalue weighted by atomic mass is 10.3. The normalized spacial score (nSPS) is 10.6. The van der Waals surface area contributed by atoms with Gasteiger partial charge in [0, 0.05) is 6.54 Å². The Kier molecular flexibility index (Phi) is 3.10. The fourth-order valence-electron chi connectivity index (χ4n) is 1.65. The zero-order valence-electron chi connectivity index (χ0n) is 8.90. The summed E-state index contributed by atoms with van der Waals surface area (Å²) in [5.41, 5.74) is 1.88. The van der Waals surface area contributed by atoms with Crippen molar-refractivity contribution in [1.82, 2.24) is 9.55 Å². The predicted molar refractivity (Wildman–Crippen MR) is 64.8 cm³/mol. The monoisotopic (exact) mass is 237 g/mol. The first-order chi connectivity index (χ1) is 7.76. The van der Waals surface area contributed by atoms with Gasteiger partial charge < -0.3 is 4.57 Å². The van der Waals surface area contributed by atoms with E-state index in [9.17, 15) is 4.79 Å². The minimum atomic E-state index is -0.244. The summed E-state index contributed by atoms with van der Waals surface area (Å²) in [4.78, 5) is 15.6. The second-order valence-corrected chi connectivity index (χ2v) is 3.62. The Bertz CT molecular complexity index is 521. The molecule has 84 valence electrons. The van der Waals surface area contributed by atoms with Crippen molar-refractivity contribution in [3.05, 3.63) is 24.3 Å². The number of alkyl halides is 1. The van der Waals surface area contributed by atoms with Gasteiger partial charge in [0.15, 0.2) is 0 Å². The molecule has 0 aliphatic carbocycles. The topological polar surface area (TPSA) is 46.9 Å². The Morgan fingerprint density at radius 1 is 1.50 bits per heavy atom. The smallest absolute Gasteiger partial charge is 0.241 e. The third-order valence-electron chi connectivity index (χ3n) is 2.34. The van der Waals surface area contributed by atoms with E-state index in [1.165, 1.54) is 0 Å². The van der Waals surface area contributed by atoms with Crippen molar-refractivity contribution >= 4 is 34.5 Å². The second-order valence-electron chi connectivity index (χ2n) is 3.35. The fourth-order valence-corrected chi connectivity index (χ4v) is 1.72. The van der Waals surface area contributed by atoms with Crippen molar-refractivity contribution < 1.29 is 4.79 Å². The molecule has 2 aromatic rings. The van der Waals surface area contributed by atoms with Crippen LogP contribution in [0.4, 0.5) is 5.95 Å². The van der Waals surface area contributed by atoms with E-state index in [2.05, 4.69) is 10.3 Å². The van der Waals surface area contributed by atoms with E-state index in [0.29, 0.717) is 5.95 Å². The maximum Gasteiger partial charge on any atom is 0.241 e. The van der Waals surface area contributed by atoms with Crippen LogP contribution < -0.4 is 5.32 Å². The number of nitrogens with one attached hydrogen (secondary N) is 1. The Labute approximate surface area is 98.2 Å². The van der Waals surface area contributed by atoms with E-state index in [1.54, 1.807) is 0 Å². The van der Waals surface area contributed by atoms with Gasteiger partial charge in [-0.15, -0.1) is 11.6 Å². The molecule has 0 aliphatic heterocycles. The molecule has 0 fully saturated rings. The number of hydrogen-bond donors (Lipinski definition) is 1. The molecule has 0 radical (unpaired) electrons. The number of amides is 1. The van der Waals surface area contributed by atoms with Crippen LogP contribution in [-0.2, 0) is 11.3 Å². The van der Waals surface area contributed by atoms with Crippen LogP contribution in [0, 0.1) is 0 Å². The number of carbonyl (C=O) groups is 1. The van der Waals surface area contributed by atoms with Gasteiger partial charge in [-0.05, 0) is 19.1 Å². The van der Waals surface area contributed by atoms with Crippen molar-refractivity contribution in [1.29, 1.82) is 0 Å². The van der Waals surface area contributed by atoms with Gasteiger partial charge in [-0.1, -0.05) is 12.1 Å². The lowest BCUT2D eigenvalue weighted by Gasteiger charge is -2.05. The molecule has 1 amide bonds. The summed E-state index contributed by atoms with van der Waals surface area (Å²) in [5.74, 6) is 0.244. The molecule has 0 spiro atoms. The Hall–Kier alpha value is -1.55. The zero-order valence-corrected chi connectivity index (χ0v) is 9.66. The third kappa shape index (κ3) is 1.88. The highest BCUT2D eigenvalue weighted by Crippen LogP contribution is 2.19. The lowest BCUT2D eigenvalue weighted by Crippen LogP contribution is -2.16. The molecule has 0 bridgehead atoms. The zero-order chi connectivity index (χ0) is 11.5. The average molecular weight is 238 g/mol. The number of nitrogens with zero attached hydrogens (tertiary/aromatic N) is 2. The SMILES string of the molecule is CCn1c(NC(=O)CCl)nc2ccccc21.